The molecule has 6 heteroatoms. The first-order chi connectivity index (χ1) is 12.2. The van der Waals surface area contributed by atoms with E-state index in [4.69, 9.17) is 21.1 Å². The Morgan fingerprint density at radius 1 is 0.960 bits per heavy atom. The van der Waals surface area contributed by atoms with E-state index in [1.165, 1.54) is 12.1 Å². The molecule has 1 saturated heterocycles. The molecule has 0 radical (unpaired) electrons. The molecule has 0 bridgehead atoms. The lowest BCUT2D eigenvalue weighted by atomic mass is 10.1. The van der Waals surface area contributed by atoms with Crippen molar-refractivity contribution in [1.82, 2.24) is 4.90 Å². The van der Waals surface area contributed by atoms with Gasteiger partial charge in [-0.1, -0.05) is 11.6 Å². The molecule has 2 aliphatic rings. The summed E-state index contributed by atoms with van der Waals surface area (Å²) in [6.45, 7) is 5.66. The quantitative estimate of drug-likeness (QED) is 0.833. The van der Waals surface area contributed by atoms with Gasteiger partial charge in [-0.15, -0.1) is 0 Å². The van der Waals surface area contributed by atoms with Crippen molar-refractivity contribution in [1.29, 1.82) is 0 Å². The van der Waals surface area contributed by atoms with Crippen LogP contribution in [0.4, 0.5) is 10.1 Å². The highest BCUT2D eigenvalue weighted by Crippen LogP contribution is 2.38. The summed E-state index contributed by atoms with van der Waals surface area (Å²) in [5.74, 6) is 1.19. The minimum atomic E-state index is -0.196. The molecule has 2 aliphatic heterocycles. The minimum Gasteiger partial charge on any atom is -0.486 e. The summed E-state index contributed by atoms with van der Waals surface area (Å²) < 4.78 is 24.3. The highest BCUT2D eigenvalue weighted by atomic mass is 35.5. The van der Waals surface area contributed by atoms with E-state index >= 15 is 0 Å². The predicted octanol–water partition coefficient (Wildman–Crippen LogP) is 3.57. The van der Waals surface area contributed by atoms with Gasteiger partial charge in [0.1, 0.15) is 19.0 Å². The van der Waals surface area contributed by atoms with E-state index in [1.807, 2.05) is 24.3 Å². The van der Waals surface area contributed by atoms with E-state index in [0.29, 0.717) is 24.0 Å². The van der Waals surface area contributed by atoms with Crippen molar-refractivity contribution in [2.24, 2.45) is 0 Å². The lowest BCUT2D eigenvalue weighted by molar-refractivity contribution is 0.171. The van der Waals surface area contributed by atoms with Crippen molar-refractivity contribution >= 4 is 17.3 Å². The first kappa shape index (κ1) is 16.5. The van der Waals surface area contributed by atoms with E-state index in [-0.39, 0.29) is 5.82 Å². The molecular weight excluding hydrogens is 343 g/mol. The van der Waals surface area contributed by atoms with Crippen LogP contribution in [0, 0.1) is 5.82 Å². The van der Waals surface area contributed by atoms with Crippen LogP contribution in [0.25, 0.3) is 0 Å². The second kappa shape index (κ2) is 7.10. The summed E-state index contributed by atoms with van der Waals surface area (Å²) in [7, 11) is 0. The van der Waals surface area contributed by atoms with Crippen LogP contribution >= 0.6 is 11.6 Å². The second-order valence-electron chi connectivity index (χ2n) is 6.34. The molecule has 132 valence electrons. The van der Waals surface area contributed by atoms with Gasteiger partial charge in [0, 0.05) is 38.4 Å². The fourth-order valence-electron chi connectivity index (χ4n) is 3.33. The molecule has 25 heavy (non-hydrogen) atoms. The zero-order chi connectivity index (χ0) is 17.2. The summed E-state index contributed by atoms with van der Waals surface area (Å²) >= 11 is 6.32. The number of fused-ring (bicyclic) bond motifs is 1. The largest absolute Gasteiger partial charge is 0.486 e. The topological polar surface area (TPSA) is 24.9 Å². The van der Waals surface area contributed by atoms with Gasteiger partial charge in [-0.2, -0.15) is 0 Å². The standard InChI is InChI=1S/C19H20ClFN2O2/c20-17-11-14(12-18-19(17)25-10-9-24-18)13-22-5-7-23(8-6-22)16-3-1-15(21)2-4-16/h1-4,11-12H,5-10,13H2. The van der Waals surface area contributed by atoms with Gasteiger partial charge in [-0.25, -0.2) is 4.39 Å². The SMILES string of the molecule is Fc1ccc(N2CCN(Cc3cc(Cl)c4c(c3)OCCO4)CC2)cc1. The molecule has 0 aromatic heterocycles. The van der Waals surface area contributed by atoms with Crippen LogP contribution in [0.3, 0.4) is 0 Å². The number of rotatable bonds is 3. The van der Waals surface area contributed by atoms with Crippen LogP contribution in [0.15, 0.2) is 36.4 Å². The molecule has 0 saturated carbocycles. The number of halogens is 2. The van der Waals surface area contributed by atoms with Gasteiger partial charge in [0.05, 0.1) is 5.02 Å². The van der Waals surface area contributed by atoms with Crippen molar-refractivity contribution < 1.29 is 13.9 Å². The number of nitrogens with zero attached hydrogens (tertiary/aromatic N) is 2. The zero-order valence-electron chi connectivity index (χ0n) is 13.9. The van der Waals surface area contributed by atoms with Crippen LogP contribution in [0.1, 0.15) is 5.56 Å². The number of hydrogen-bond acceptors (Lipinski definition) is 4. The summed E-state index contributed by atoms with van der Waals surface area (Å²) in [6.07, 6.45) is 0. The third-order valence-corrected chi connectivity index (χ3v) is 4.91. The molecule has 2 heterocycles. The molecule has 0 atom stereocenters. The van der Waals surface area contributed by atoms with Gasteiger partial charge >= 0.3 is 0 Å². The molecule has 2 aromatic rings. The Bertz CT molecular complexity index is 746. The molecule has 0 spiro atoms. The van der Waals surface area contributed by atoms with Crippen LogP contribution < -0.4 is 14.4 Å². The molecule has 0 unspecified atom stereocenters. The minimum absolute atomic E-state index is 0.196. The smallest absolute Gasteiger partial charge is 0.179 e. The van der Waals surface area contributed by atoms with Crippen LogP contribution in [0.5, 0.6) is 11.5 Å². The molecular formula is C19H20ClFN2O2. The zero-order valence-corrected chi connectivity index (χ0v) is 14.6. The van der Waals surface area contributed by atoms with Crippen LogP contribution in [-0.2, 0) is 6.54 Å². The lowest BCUT2D eigenvalue weighted by Gasteiger charge is -2.36. The predicted molar refractivity (Wildman–Crippen MR) is 96.3 cm³/mol. The van der Waals surface area contributed by atoms with Gasteiger partial charge in [0.2, 0.25) is 0 Å². The van der Waals surface area contributed by atoms with Gasteiger partial charge < -0.3 is 14.4 Å². The molecule has 1 fully saturated rings. The van der Waals surface area contributed by atoms with E-state index in [1.54, 1.807) is 0 Å². The Labute approximate surface area is 151 Å². The third-order valence-electron chi connectivity index (χ3n) is 4.63. The fourth-order valence-corrected chi connectivity index (χ4v) is 3.62. The lowest BCUT2D eigenvalue weighted by Crippen LogP contribution is -2.45. The van der Waals surface area contributed by atoms with Gasteiger partial charge in [0.15, 0.2) is 11.5 Å². The Morgan fingerprint density at radius 2 is 1.68 bits per heavy atom. The van der Waals surface area contributed by atoms with Crippen LogP contribution in [0.2, 0.25) is 5.02 Å². The maximum absolute atomic E-state index is 13.1. The Hall–Kier alpha value is -1.98. The second-order valence-corrected chi connectivity index (χ2v) is 6.75. The first-order valence-electron chi connectivity index (χ1n) is 8.50. The number of hydrogen-bond donors (Lipinski definition) is 0. The highest BCUT2D eigenvalue weighted by molar-refractivity contribution is 6.32. The van der Waals surface area contributed by atoms with Crippen molar-refractivity contribution in [3.8, 4) is 11.5 Å². The summed E-state index contributed by atoms with van der Waals surface area (Å²) in [5, 5.41) is 0.608. The highest BCUT2D eigenvalue weighted by Gasteiger charge is 2.20. The maximum atomic E-state index is 13.1. The van der Waals surface area contributed by atoms with Crippen molar-refractivity contribution in [2.75, 3.05) is 44.3 Å². The number of benzene rings is 2. The molecule has 4 nitrogen and oxygen atoms in total. The van der Waals surface area contributed by atoms with E-state index < -0.39 is 0 Å². The monoisotopic (exact) mass is 362 g/mol. The van der Waals surface area contributed by atoms with E-state index in [9.17, 15) is 4.39 Å². The average Bonchev–Trinajstić information content (AvgIpc) is 2.63. The number of ether oxygens (including phenoxy) is 2. The van der Waals surface area contributed by atoms with Crippen molar-refractivity contribution in [3.05, 3.63) is 52.8 Å². The van der Waals surface area contributed by atoms with Gasteiger partial charge in [-0.05, 0) is 42.0 Å². The molecule has 2 aromatic carbocycles. The fraction of sp³-hybridized carbons (Fsp3) is 0.368. The van der Waals surface area contributed by atoms with E-state index in [0.717, 1.165) is 49.7 Å². The number of anilines is 1. The maximum Gasteiger partial charge on any atom is 0.179 e. The van der Waals surface area contributed by atoms with Crippen molar-refractivity contribution in [2.45, 2.75) is 6.54 Å². The number of piperazine rings is 1. The molecule has 0 aliphatic carbocycles. The summed E-state index contributed by atoms with van der Waals surface area (Å²) in [5.41, 5.74) is 2.20. The molecule has 0 N–H and O–H groups in total. The average molecular weight is 363 g/mol. The van der Waals surface area contributed by atoms with Gasteiger partial charge in [-0.3, -0.25) is 4.90 Å². The first-order valence-corrected chi connectivity index (χ1v) is 8.88. The Kier molecular flexibility index (Phi) is 4.68. The van der Waals surface area contributed by atoms with E-state index in [2.05, 4.69) is 9.80 Å². The Balaban J connectivity index is 1.39. The Morgan fingerprint density at radius 3 is 2.44 bits per heavy atom. The van der Waals surface area contributed by atoms with Crippen LogP contribution in [-0.4, -0.2) is 44.3 Å². The van der Waals surface area contributed by atoms with Crippen molar-refractivity contribution in [3.63, 3.8) is 0 Å². The molecule has 4 rings (SSSR count). The van der Waals surface area contributed by atoms with Gasteiger partial charge in [0.25, 0.3) is 0 Å². The summed E-state index contributed by atoms with van der Waals surface area (Å²) in [4.78, 5) is 4.68. The molecule has 0 amide bonds. The normalized spacial score (nSPS) is 17.6. The summed E-state index contributed by atoms with van der Waals surface area (Å²) in [6, 6.07) is 10.7. The third kappa shape index (κ3) is 3.67.